The van der Waals surface area contributed by atoms with Gasteiger partial charge in [-0.1, -0.05) is 319 Å². The molecule has 0 aromatic rings. The normalized spacial score (nSPS) is 14.8. The number of phosphoric acid groups is 2. The average Bonchev–Trinajstić information content (AvgIpc) is 1.51. The third-order valence-electron chi connectivity index (χ3n) is 17.8. The molecule has 93 heavy (non-hydrogen) atoms. The van der Waals surface area contributed by atoms with Crippen LogP contribution in [0.15, 0.2) is 0 Å². The zero-order valence-corrected chi connectivity index (χ0v) is 62.7. The molecule has 0 spiro atoms. The van der Waals surface area contributed by atoms with Crippen LogP contribution >= 0.6 is 15.6 Å². The molecule has 17 nitrogen and oxygen atoms in total. The van der Waals surface area contributed by atoms with Gasteiger partial charge < -0.3 is 33.8 Å². The molecule has 0 amide bonds. The van der Waals surface area contributed by atoms with Gasteiger partial charge in [0.2, 0.25) is 0 Å². The van der Waals surface area contributed by atoms with E-state index in [9.17, 15) is 43.2 Å². The Kier molecular flexibility index (Phi) is 62.2. The minimum absolute atomic E-state index is 0.104. The van der Waals surface area contributed by atoms with Crippen molar-refractivity contribution < 1.29 is 80.2 Å². The quantitative estimate of drug-likeness (QED) is 0.0222. The fourth-order valence-corrected chi connectivity index (χ4v) is 12.7. The molecule has 0 fully saturated rings. The summed E-state index contributed by atoms with van der Waals surface area (Å²) in [5, 5.41) is 10.6. The summed E-state index contributed by atoms with van der Waals surface area (Å²) in [6.07, 6.45) is 47.2. The fraction of sp³-hybridized carbons (Fsp3) is 0.946. The molecule has 19 heteroatoms. The van der Waals surface area contributed by atoms with Gasteiger partial charge in [-0.3, -0.25) is 37.3 Å². The summed E-state index contributed by atoms with van der Waals surface area (Å²) in [7, 11) is -9.91. The van der Waals surface area contributed by atoms with Crippen LogP contribution in [0.1, 0.15) is 370 Å². The van der Waals surface area contributed by atoms with Crippen LogP contribution in [-0.4, -0.2) is 96.7 Å². The van der Waals surface area contributed by atoms with Crippen molar-refractivity contribution in [2.75, 3.05) is 39.6 Å². The monoisotopic (exact) mass is 1370 g/mol. The highest BCUT2D eigenvalue weighted by atomic mass is 31.2. The number of carbonyl (C=O) groups excluding carboxylic acids is 4. The number of carbonyl (C=O) groups is 4. The van der Waals surface area contributed by atoms with Crippen molar-refractivity contribution in [2.45, 2.75) is 388 Å². The number of rotatable bonds is 71. The number of hydrogen-bond acceptors (Lipinski definition) is 15. The van der Waals surface area contributed by atoms with E-state index >= 15 is 0 Å². The largest absolute Gasteiger partial charge is 0.472 e. The van der Waals surface area contributed by atoms with Crippen molar-refractivity contribution >= 4 is 39.5 Å². The van der Waals surface area contributed by atoms with E-state index in [0.717, 1.165) is 120 Å². The van der Waals surface area contributed by atoms with Crippen molar-refractivity contribution in [1.29, 1.82) is 0 Å². The second-order valence-electron chi connectivity index (χ2n) is 28.1. The van der Waals surface area contributed by atoms with E-state index in [1.165, 1.54) is 167 Å². The van der Waals surface area contributed by atoms with Crippen molar-refractivity contribution in [3.63, 3.8) is 0 Å². The van der Waals surface area contributed by atoms with Gasteiger partial charge >= 0.3 is 39.5 Å². The Bertz CT molecular complexity index is 1840. The molecule has 0 radical (unpaired) electrons. The minimum Gasteiger partial charge on any atom is -0.462 e. The molecule has 0 aromatic heterocycles. The lowest BCUT2D eigenvalue weighted by molar-refractivity contribution is -0.161. The summed E-state index contributed by atoms with van der Waals surface area (Å²) < 4.78 is 68.4. The van der Waals surface area contributed by atoms with Gasteiger partial charge in [-0.2, -0.15) is 0 Å². The lowest BCUT2D eigenvalue weighted by Crippen LogP contribution is -2.30. The zero-order chi connectivity index (χ0) is 68.9. The Morgan fingerprint density at radius 2 is 0.516 bits per heavy atom. The molecular weight excluding hydrogens is 1220 g/mol. The Hall–Kier alpha value is -1.94. The number of phosphoric ester groups is 2. The summed E-state index contributed by atoms with van der Waals surface area (Å²) in [4.78, 5) is 72.7. The van der Waals surface area contributed by atoms with Crippen molar-refractivity contribution in [2.24, 2.45) is 23.7 Å². The van der Waals surface area contributed by atoms with Gasteiger partial charge in [0.05, 0.1) is 26.4 Å². The Balaban J connectivity index is 5.24. The lowest BCUT2D eigenvalue weighted by atomic mass is 9.99. The Morgan fingerprint density at radius 1 is 0.301 bits per heavy atom. The summed E-state index contributed by atoms with van der Waals surface area (Å²) in [5.41, 5.74) is 0. The van der Waals surface area contributed by atoms with Crippen LogP contribution in [0.5, 0.6) is 0 Å². The third kappa shape index (κ3) is 65.8. The second kappa shape index (κ2) is 63.5. The number of ether oxygens (including phenoxy) is 4. The van der Waals surface area contributed by atoms with E-state index < -0.39 is 97.5 Å². The van der Waals surface area contributed by atoms with E-state index in [0.29, 0.717) is 25.7 Å². The number of esters is 4. The number of hydrogen-bond donors (Lipinski definition) is 3. The van der Waals surface area contributed by atoms with Gasteiger partial charge in [0, 0.05) is 25.7 Å². The molecule has 552 valence electrons. The van der Waals surface area contributed by atoms with E-state index in [1.54, 1.807) is 0 Å². The van der Waals surface area contributed by atoms with E-state index in [2.05, 4.69) is 55.4 Å². The first-order valence-electron chi connectivity index (χ1n) is 38.3. The maximum Gasteiger partial charge on any atom is 0.472 e. The first kappa shape index (κ1) is 91.1. The first-order chi connectivity index (χ1) is 44.7. The molecule has 0 aliphatic heterocycles. The maximum absolute atomic E-state index is 13.1. The van der Waals surface area contributed by atoms with Crippen LogP contribution in [0.3, 0.4) is 0 Å². The molecule has 0 rings (SSSR count). The van der Waals surface area contributed by atoms with Crippen molar-refractivity contribution in [1.82, 2.24) is 0 Å². The van der Waals surface area contributed by atoms with Crippen LogP contribution in [-0.2, 0) is 65.4 Å². The van der Waals surface area contributed by atoms with Gasteiger partial charge in [0.25, 0.3) is 0 Å². The smallest absolute Gasteiger partial charge is 0.462 e. The fourth-order valence-electron chi connectivity index (χ4n) is 11.1. The van der Waals surface area contributed by atoms with Crippen LogP contribution < -0.4 is 0 Å². The van der Waals surface area contributed by atoms with Gasteiger partial charge in [-0.05, 0) is 49.4 Å². The first-order valence-corrected chi connectivity index (χ1v) is 41.3. The summed E-state index contributed by atoms with van der Waals surface area (Å²) >= 11 is 0. The summed E-state index contributed by atoms with van der Waals surface area (Å²) in [5.74, 6) is 0.944. The molecular formula is C74H144O17P2. The van der Waals surface area contributed by atoms with Crippen LogP contribution in [0.25, 0.3) is 0 Å². The molecule has 0 aliphatic rings. The van der Waals surface area contributed by atoms with Gasteiger partial charge in [0.15, 0.2) is 12.2 Å². The Labute approximate surface area is 568 Å². The summed E-state index contributed by atoms with van der Waals surface area (Å²) in [6, 6.07) is 0. The molecule has 0 saturated heterocycles. The minimum atomic E-state index is -4.96. The highest BCUT2D eigenvalue weighted by Gasteiger charge is 2.30. The SMILES string of the molecule is CCC(C)CCCCCCCCCCCCCCCCC(=O)OC[C@H](COP(=O)(O)OC[C@@H](O)COP(=O)(O)OC[C@@H](COC(=O)CCCCCCCCC(C)CC)OC(=O)CCCCCCCCCCCC(C)C)OC(=O)CCCCCCCCCCCCC(C)C. The third-order valence-corrected chi connectivity index (χ3v) is 19.7. The van der Waals surface area contributed by atoms with Gasteiger partial charge in [-0.25, -0.2) is 9.13 Å². The molecule has 4 unspecified atom stereocenters. The van der Waals surface area contributed by atoms with Crippen LogP contribution in [0.4, 0.5) is 0 Å². The van der Waals surface area contributed by atoms with E-state index in [-0.39, 0.29) is 25.7 Å². The highest BCUT2D eigenvalue weighted by Crippen LogP contribution is 2.45. The molecule has 0 heterocycles. The van der Waals surface area contributed by atoms with E-state index in [4.69, 9.17) is 37.0 Å². The topological polar surface area (TPSA) is 237 Å². The average molecular weight is 1370 g/mol. The predicted molar refractivity (Wildman–Crippen MR) is 377 cm³/mol. The maximum atomic E-state index is 13.1. The van der Waals surface area contributed by atoms with Crippen LogP contribution in [0, 0.1) is 23.7 Å². The zero-order valence-electron chi connectivity index (χ0n) is 60.9. The van der Waals surface area contributed by atoms with Crippen LogP contribution in [0.2, 0.25) is 0 Å². The molecule has 3 N–H and O–H groups in total. The molecule has 0 aromatic carbocycles. The van der Waals surface area contributed by atoms with Crippen molar-refractivity contribution in [3.8, 4) is 0 Å². The number of aliphatic hydroxyl groups is 1. The van der Waals surface area contributed by atoms with Gasteiger partial charge in [-0.15, -0.1) is 0 Å². The predicted octanol–water partition coefficient (Wildman–Crippen LogP) is 21.3. The number of aliphatic hydroxyl groups excluding tert-OH is 1. The van der Waals surface area contributed by atoms with Crippen molar-refractivity contribution in [3.05, 3.63) is 0 Å². The second-order valence-corrected chi connectivity index (χ2v) is 31.0. The molecule has 7 atom stereocenters. The molecule has 0 saturated carbocycles. The molecule has 0 aliphatic carbocycles. The van der Waals surface area contributed by atoms with Gasteiger partial charge in [0.1, 0.15) is 19.3 Å². The Morgan fingerprint density at radius 3 is 0.763 bits per heavy atom. The highest BCUT2D eigenvalue weighted by molar-refractivity contribution is 7.47. The summed E-state index contributed by atoms with van der Waals surface area (Å²) in [6.45, 7) is 14.2. The standard InChI is InChI=1S/C74H144O17P2/c1-9-66(7)52-44-36-28-22-15-13-11-12-14-16-23-29-38-46-54-71(76)84-60-69(90-73(78)56-48-40-30-24-18-17-20-26-34-42-50-64(3)4)62-88-92(80,81)86-58-68(75)59-87-93(82,83)89-63-70(61-85-72(77)55-47-39-33-32-37-45-53-67(8)10-2)91-74(79)57-49-41-31-25-19-21-27-35-43-51-65(5)6/h64-70,75H,9-63H2,1-8H3,(H,80,81)(H,82,83)/t66?,67?,68-,69-,70-/m1/s1. The number of unbranched alkanes of at least 4 members (excludes halogenated alkanes) is 35. The lowest BCUT2D eigenvalue weighted by Gasteiger charge is -2.21. The van der Waals surface area contributed by atoms with E-state index in [1.807, 2.05) is 0 Å². The molecule has 0 bridgehead atoms.